The van der Waals surface area contributed by atoms with Crippen molar-refractivity contribution < 1.29 is 4.79 Å². The molecule has 0 bridgehead atoms. The first-order valence-corrected chi connectivity index (χ1v) is 8.16. The zero-order chi connectivity index (χ0) is 15.5. The SMILES string of the molecule is CN1C(=O)/C(=C/c2ccncc2)SC1=Nc1ccc(Br)cc1. The van der Waals surface area contributed by atoms with Gasteiger partial charge in [-0.25, -0.2) is 4.99 Å². The van der Waals surface area contributed by atoms with E-state index in [0.717, 1.165) is 15.7 Å². The number of benzene rings is 1. The number of nitrogens with zero attached hydrogens (tertiary/aromatic N) is 3. The highest BCUT2D eigenvalue weighted by Gasteiger charge is 2.30. The number of thioether (sulfide) groups is 1. The third-order valence-electron chi connectivity index (χ3n) is 3.06. The molecular formula is C16H12BrN3OS. The Morgan fingerprint density at radius 1 is 1.18 bits per heavy atom. The van der Waals surface area contributed by atoms with Crippen LogP contribution >= 0.6 is 27.7 Å². The topological polar surface area (TPSA) is 45.6 Å². The van der Waals surface area contributed by atoms with E-state index in [1.165, 1.54) is 11.8 Å². The van der Waals surface area contributed by atoms with Crippen LogP contribution in [-0.4, -0.2) is 28.0 Å². The maximum absolute atomic E-state index is 12.3. The number of carbonyl (C=O) groups excluding carboxylic acids is 1. The summed E-state index contributed by atoms with van der Waals surface area (Å²) >= 11 is 4.77. The van der Waals surface area contributed by atoms with Crippen molar-refractivity contribution in [2.45, 2.75) is 0 Å². The highest BCUT2D eigenvalue weighted by Crippen LogP contribution is 2.33. The zero-order valence-electron chi connectivity index (χ0n) is 11.7. The summed E-state index contributed by atoms with van der Waals surface area (Å²) in [5.74, 6) is -0.0438. The molecule has 0 saturated carbocycles. The Morgan fingerprint density at radius 2 is 1.86 bits per heavy atom. The molecule has 1 aliphatic rings. The van der Waals surface area contributed by atoms with Crippen molar-refractivity contribution in [3.8, 4) is 0 Å². The van der Waals surface area contributed by atoms with Crippen molar-refractivity contribution in [2.75, 3.05) is 7.05 Å². The zero-order valence-corrected chi connectivity index (χ0v) is 14.1. The summed E-state index contributed by atoms with van der Waals surface area (Å²) in [6.07, 6.45) is 5.27. The number of hydrogen-bond acceptors (Lipinski definition) is 4. The van der Waals surface area contributed by atoms with Crippen molar-refractivity contribution in [1.29, 1.82) is 0 Å². The van der Waals surface area contributed by atoms with Crippen molar-refractivity contribution >= 4 is 50.5 Å². The quantitative estimate of drug-likeness (QED) is 0.745. The average molecular weight is 374 g/mol. The Kier molecular flexibility index (Phi) is 4.40. The third kappa shape index (κ3) is 3.28. The smallest absolute Gasteiger partial charge is 0.266 e. The summed E-state index contributed by atoms with van der Waals surface area (Å²) in [5, 5.41) is 0.674. The molecule has 1 aromatic carbocycles. The molecule has 0 N–H and O–H groups in total. The van der Waals surface area contributed by atoms with Gasteiger partial charge in [0.1, 0.15) is 0 Å². The maximum atomic E-state index is 12.3. The van der Waals surface area contributed by atoms with Gasteiger partial charge in [0.25, 0.3) is 5.91 Å². The molecule has 1 saturated heterocycles. The Bertz CT molecular complexity index is 757. The van der Waals surface area contributed by atoms with Gasteiger partial charge in [-0.05, 0) is 59.8 Å². The molecule has 110 valence electrons. The second-order valence-corrected chi connectivity index (χ2v) is 6.55. The Labute approximate surface area is 141 Å². The number of rotatable bonds is 2. The van der Waals surface area contributed by atoms with Gasteiger partial charge in [0.2, 0.25) is 0 Å². The molecule has 0 aliphatic carbocycles. The first kappa shape index (κ1) is 15.0. The number of carbonyl (C=O) groups is 1. The molecule has 4 nitrogen and oxygen atoms in total. The third-order valence-corrected chi connectivity index (χ3v) is 4.65. The molecule has 0 radical (unpaired) electrons. The minimum Gasteiger partial charge on any atom is -0.290 e. The minimum atomic E-state index is -0.0438. The van der Waals surface area contributed by atoms with Crippen LogP contribution in [-0.2, 0) is 4.79 Å². The van der Waals surface area contributed by atoms with Crippen LogP contribution < -0.4 is 0 Å². The van der Waals surface area contributed by atoms with E-state index < -0.39 is 0 Å². The lowest BCUT2D eigenvalue weighted by atomic mass is 10.2. The van der Waals surface area contributed by atoms with E-state index >= 15 is 0 Å². The molecule has 22 heavy (non-hydrogen) atoms. The highest BCUT2D eigenvalue weighted by molar-refractivity contribution is 9.10. The Balaban J connectivity index is 1.88. The van der Waals surface area contributed by atoms with Crippen LogP contribution in [0.5, 0.6) is 0 Å². The summed E-state index contributed by atoms with van der Waals surface area (Å²) in [4.78, 5) is 23.0. The summed E-state index contributed by atoms with van der Waals surface area (Å²) in [6.45, 7) is 0. The lowest BCUT2D eigenvalue weighted by molar-refractivity contribution is -0.121. The second kappa shape index (κ2) is 6.46. The lowest BCUT2D eigenvalue weighted by Crippen LogP contribution is -2.23. The number of amidine groups is 1. The van der Waals surface area contributed by atoms with Crippen LogP contribution in [0.15, 0.2) is 63.2 Å². The molecule has 1 fully saturated rings. The number of amides is 1. The maximum Gasteiger partial charge on any atom is 0.266 e. The number of hydrogen-bond donors (Lipinski definition) is 0. The van der Waals surface area contributed by atoms with Crippen molar-refractivity contribution in [2.24, 2.45) is 4.99 Å². The first-order valence-electron chi connectivity index (χ1n) is 6.55. The molecule has 1 aliphatic heterocycles. The predicted octanol–water partition coefficient (Wildman–Crippen LogP) is 4.08. The van der Waals surface area contributed by atoms with E-state index in [2.05, 4.69) is 25.9 Å². The van der Waals surface area contributed by atoms with Crippen LogP contribution in [0.25, 0.3) is 6.08 Å². The molecule has 1 aromatic heterocycles. The highest BCUT2D eigenvalue weighted by atomic mass is 79.9. The van der Waals surface area contributed by atoms with E-state index in [9.17, 15) is 4.79 Å². The molecule has 0 unspecified atom stereocenters. The standard InChI is InChI=1S/C16H12BrN3OS/c1-20-15(21)14(10-11-6-8-18-9-7-11)22-16(20)19-13-4-2-12(17)3-5-13/h2-10H,1H3/b14-10-,19-16?. The molecule has 2 heterocycles. The molecule has 0 atom stereocenters. The van der Waals surface area contributed by atoms with Crippen molar-refractivity contribution in [1.82, 2.24) is 9.88 Å². The second-order valence-electron chi connectivity index (χ2n) is 4.63. The normalized spacial score (nSPS) is 18.5. The van der Waals surface area contributed by atoms with Crippen molar-refractivity contribution in [3.63, 3.8) is 0 Å². The number of aliphatic imine (C=N–C) groups is 1. The number of pyridine rings is 1. The van der Waals surface area contributed by atoms with E-state index in [0.29, 0.717) is 10.1 Å². The fourth-order valence-electron chi connectivity index (χ4n) is 1.89. The first-order chi connectivity index (χ1) is 10.6. The monoisotopic (exact) mass is 373 g/mol. The molecule has 3 rings (SSSR count). The number of halogens is 1. The van der Waals surface area contributed by atoms with E-state index in [-0.39, 0.29) is 5.91 Å². The summed E-state index contributed by atoms with van der Waals surface area (Å²) in [7, 11) is 1.74. The average Bonchev–Trinajstić information content (AvgIpc) is 2.79. The number of likely N-dealkylation sites (N-methyl/N-ethyl adjacent to an activating group) is 1. The van der Waals surface area contributed by atoms with E-state index in [1.54, 1.807) is 24.3 Å². The van der Waals surface area contributed by atoms with Crippen LogP contribution in [0, 0.1) is 0 Å². The van der Waals surface area contributed by atoms with Gasteiger partial charge < -0.3 is 0 Å². The van der Waals surface area contributed by atoms with Crippen LogP contribution in [0.1, 0.15) is 5.56 Å². The van der Waals surface area contributed by atoms with Crippen molar-refractivity contribution in [3.05, 3.63) is 63.7 Å². The molecule has 1 amide bonds. The Morgan fingerprint density at radius 3 is 2.55 bits per heavy atom. The molecule has 2 aromatic rings. The summed E-state index contributed by atoms with van der Waals surface area (Å²) in [5.41, 5.74) is 1.76. The van der Waals surface area contributed by atoms with Crippen LogP contribution in [0.2, 0.25) is 0 Å². The van der Waals surface area contributed by atoms with Crippen LogP contribution in [0.3, 0.4) is 0 Å². The fourth-order valence-corrected chi connectivity index (χ4v) is 3.14. The van der Waals surface area contributed by atoms with Gasteiger partial charge in [-0.3, -0.25) is 14.7 Å². The molecule has 0 spiro atoms. The molecular weight excluding hydrogens is 362 g/mol. The minimum absolute atomic E-state index is 0.0438. The van der Waals surface area contributed by atoms with Gasteiger partial charge in [-0.2, -0.15) is 0 Å². The predicted molar refractivity (Wildman–Crippen MR) is 93.8 cm³/mol. The summed E-state index contributed by atoms with van der Waals surface area (Å²) < 4.78 is 0.998. The van der Waals surface area contributed by atoms with E-state index in [4.69, 9.17) is 0 Å². The van der Waals surface area contributed by atoms with E-state index in [1.807, 2.05) is 42.5 Å². The van der Waals surface area contributed by atoms with Gasteiger partial charge in [0.05, 0.1) is 10.6 Å². The number of aromatic nitrogens is 1. The van der Waals surface area contributed by atoms with Gasteiger partial charge >= 0.3 is 0 Å². The van der Waals surface area contributed by atoms with Gasteiger partial charge in [0.15, 0.2) is 5.17 Å². The largest absolute Gasteiger partial charge is 0.290 e. The van der Waals surface area contributed by atoms with Gasteiger partial charge in [-0.1, -0.05) is 15.9 Å². The molecule has 6 heteroatoms. The Hall–Kier alpha value is -1.92. The fraction of sp³-hybridized carbons (Fsp3) is 0.0625. The lowest BCUT2D eigenvalue weighted by Gasteiger charge is -2.07. The van der Waals surface area contributed by atoms with Crippen LogP contribution in [0.4, 0.5) is 5.69 Å². The summed E-state index contributed by atoms with van der Waals surface area (Å²) in [6, 6.07) is 11.4. The van der Waals surface area contributed by atoms with Gasteiger partial charge in [-0.15, -0.1) is 0 Å². The van der Waals surface area contributed by atoms with Gasteiger partial charge in [0, 0.05) is 23.9 Å².